The lowest BCUT2D eigenvalue weighted by Crippen LogP contribution is -2.56. The van der Waals surface area contributed by atoms with Crippen LogP contribution in [0.15, 0.2) is 6.20 Å². The number of amides is 1. The van der Waals surface area contributed by atoms with E-state index in [-0.39, 0.29) is 5.91 Å². The summed E-state index contributed by atoms with van der Waals surface area (Å²) < 4.78 is 7.15. The van der Waals surface area contributed by atoms with Crippen LogP contribution in [0.1, 0.15) is 31.4 Å². The minimum absolute atomic E-state index is 0.313. The van der Waals surface area contributed by atoms with E-state index in [9.17, 15) is 4.79 Å². The monoisotopic (exact) mass is 293 g/mol. The van der Waals surface area contributed by atoms with Gasteiger partial charge in [0.25, 0.3) is 0 Å². The molecule has 1 aromatic rings. The summed E-state index contributed by atoms with van der Waals surface area (Å²) >= 11 is 0. The van der Waals surface area contributed by atoms with Crippen molar-refractivity contribution >= 4 is 5.91 Å². The van der Waals surface area contributed by atoms with Gasteiger partial charge in [-0.1, -0.05) is 5.21 Å². The highest BCUT2D eigenvalue weighted by Gasteiger charge is 2.46. The van der Waals surface area contributed by atoms with Crippen LogP contribution in [0.5, 0.6) is 0 Å². The summed E-state index contributed by atoms with van der Waals surface area (Å²) in [6.45, 7) is 2.71. The van der Waals surface area contributed by atoms with Crippen LogP contribution >= 0.6 is 0 Å². The van der Waals surface area contributed by atoms with Crippen LogP contribution in [-0.2, 0) is 22.6 Å². The Balaban J connectivity index is 1.69. The maximum absolute atomic E-state index is 11.9. The van der Waals surface area contributed by atoms with Crippen LogP contribution in [0.25, 0.3) is 0 Å². The molecule has 7 heteroatoms. The van der Waals surface area contributed by atoms with E-state index in [0.717, 1.165) is 37.5 Å². The number of aromatic nitrogens is 3. The van der Waals surface area contributed by atoms with Gasteiger partial charge in [0.1, 0.15) is 5.54 Å². The van der Waals surface area contributed by atoms with Gasteiger partial charge in [-0.25, -0.2) is 0 Å². The van der Waals surface area contributed by atoms with E-state index in [1.165, 1.54) is 12.8 Å². The second-order valence-electron chi connectivity index (χ2n) is 6.23. The highest BCUT2D eigenvalue weighted by Crippen LogP contribution is 2.32. The quantitative estimate of drug-likeness (QED) is 0.773. The average Bonchev–Trinajstić information content (AvgIpc) is 2.99. The first-order chi connectivity index (χ1) is 10.1. The maximum Gasteiger partial charge on any atom is 0.240 e. The first kappa shape index (κ1) is 14.5. The maximum atomic E-state index is 11.9. The number of nitrogens with zero attached hydrogens (tertiary/aromatic N) is 4. The van der Waals surface area contributed by atoms with Gasteiger partial charge in [-0.05, 0) is 38.1 Å². The van der Waals surface area contributed by atoms with Crippen LogP contribution in [0.3, 0.4) is 0 Å². The van der Waals surface area contributed by atoms with E-state index < -0.39 is 5.54 Å². The van der Waals surface area contributed by atoms with Crippen LogP contribution in [0, 0.1) is 5.92 Å². The Hall–Kier alpha value is -1.47. The molecular formula is C14H23N5O2. The van der Waals surface area contributed by atoms with Gasteiger partial charge >= 0.3 is 0 Å². The van der Waals surface area contributed by atoms with Gasteiger partial charge < -0.3 is 10.5 Å². The van der Waals surface area contributed by atoms with Crippen molar-refractivity contribution in [3.63, 3.8) is 0 Å². The zero-order valence-corrected chi connectivity index (χ0v) is 12.5. The molecule has 21 heavy (non-hydrogen) atoms. The number of nitrogens with two attached hydrogens (primary N) is 1. The van der Waals surface area contributed by atoms with Gasteiger partial charge in [0, 0.05) is 26.4 Å². The molecule has 1 aliphatic heterocycles. The largest absolute Gasteiger partial charge is 0.382 e. The smallest absolute Gasteiger partial charge is 0.240 e. The number of carbonyl (C=O) groups excluding carboxylic acids is 1. The molecule has 7 nitrogen and oxygen atoms in total. The zero-order valence-electron chi connectivity index (χ0n) is 12.5. The summed E-state index contributed by atoms with van der Waals surface area (Å²) in [5, 5.41) is 8.39. The third kappa shape index (κ3) is 2.94. The normalized spacial score (nSPS) is 26.3. The lowest BCUT2D eigenvalue weighted by molar-refractivity contribution is -0.132. The number of hydrogen-bond acceptors (Lipinski definition) is 5. The molecule has 0 bridgehead atoms. The van der Waals surface area contributed by atoms with Crippen LogP contribution in [0.4, 0.5) is 0 Å². The third-order valence-corrected chi connectivity index (χ3v) is 4.55. The van der Waals surface area contributed by atoms with Crippen molar-refractivity contribution in [2.75, 3.05) is 20.3 Å². The van der Waals surface area contributed by atoms with E-state index in [2.05, 4.69) is 15.2 Å². The molecule has 1 aromatic heterocycles. The minimum Gasteiger partial charge on any atom is -0.382 e. The van der Waals surface area contributed by atoms with Gasteiger partial charge in [0.15, 0.2) is 0 Å². The van der Waals surface area contributed by atoms with Crippen molar-refractivity contribution in [1.82, 2.24) is 19.9 Å². The number of ether oxygens (including phenoxy) is 1. The molecule has 2 aliphatic rings. The van der Waals surface area contributed by atoms with Crippen molar-refractivity contribution < 1.29 is 9.53 Å². The van der Waals surface area contributed by atoms with E-state index >= 15 is 0 Å². The molecular weight excluding hydrogens is 270 g/mol. The van der Waals surface area contributed by atoms with Crippen molar-refractivity contribution in [3.05, 3.63) is 11.9 Å². The van der Waals surface area contributed by atoms with E-state index in [1.54, 1.807) is 7.11 Å². The van der Waals surface area contributed by atoms with Gasteiger partial charge in [-0.15, -0.1) is 5.10 Å². The predicted octanol–water partition coefficient (Wildman–Crippen LogP) is 0.154. The van der Waals surface area contributed by atoms with E-state index in [0.29, 0.717) is 13.2 Å². The molecule has 3 rings (SSSR count). The molecule has 1 aliphatic carbocycles. The molecule has 2 fully saturated rings. The van der Waals surface area contributed by atoms with E-state index in [1.807, 2.05) is 10.9 Å². The van der Waals surface area contributed by atoms with Gasteiger partial charge in [-0.2, -0.15) is 0 Å². The minimum atomic E-state index is -0.699. The Labute approximate surface area is 124 Å². The summed E-state index contributed by atoms with van der Waals surface area (Å²) in [4.78, 5) is 14.0. The molecule has 2 heterocycles. The summed E-state index contributed by atoms with van der Waals surface area (Å²) in [5.74, 6) is 0.455. The first-order valence-corrected chi connectivity index (χ1v) is 7.57. The summed E-state index contributed by atoms with van der Waals surface area (Å²) in [6.07, 6.45) is 6.25. The highest BCUT2D eigenvalue weighted by atomic mass is 16.5. The lowest BCUT2D eigenvalue weighted by Gasteiger charge is -2.34. The van der Waals surface area contributed by atoms with Gasteiger partial charge in [-0.3, -0.25) is 14.4 Å². The second kappa shape index (κ2) is 5.73. The highest BCUT2D eigenvalue weighted by molar-refractivity contribution is 5.85. The Morgan fingerprint density at radius 2 is 2.38 bits per heavy atom. The molecule has 2 N–H and O–H groups in total. The van der Waals surface area contributed by atoms with Gasteiger partial charge in [0.2, 0.25) is 5.91 Å². The fraction of sp³-hybridized carbons (Fsp3) is 0.786. The lowest BCUT2D eigenvalue weighted by atomic mass is 9.96. The number of methoxy groups -OCH3 is 1. The Kier molecular flexibility index (Phi) is 3.95. The molecule has 0 spiro atoms. The summed E-state index contributed by atoms with van der Waals surface area (Å²) in [5.41, 5.74) is 5.83. The first-order valence-electron chi connectivity index (χ1n) is 7.57. The molecule has 1 saturated heterocycles. The Morgan fingerprint density at radius 1 is 1.57 bits per heavy atom. The molecule has 1 amide bonds. The topological polar surface area (TPSA) is 86.3 Å². The number of carbonyl (C=O) groups is 1. The molecule has 1 atom stereocenters. The average molecular weight is 293 g/mol. The summed E-state index contributed by atoms with van der Waals surface area (Å²) in [6, 6.07) is 0. The number of likely N-dealkylation sites (tertiary alicyclic amines) is 1. The molecule has 1 saturated carbocycles. The SMILES string of the molecule is COCC1(C(N)=O)CCCN1Cc1cn(CC2CC2)nn1. The van der Waals surface area contributed by atoms with Gasteiger partial charge in [0.05, 0.1) is 12.3 Å². The van der Waals surface area contributed by atoms with Crippen molar-refractivity contribution in [2.24, 2.45) is 11.7 Å². The van der Waals surface area contributed by atoms with Crippen molar-refractivity contribution in [3.8, 4) is 0 Å². The standard InChI is InChI=1S/C14H23N5O2/c1-21-10-14(13(15)20)5-2-6-18(14)8-12-9-19(17-16-12)7-11-3-4-11/h9,11H,2-8,10H2,1H3,(H2,15,20). The van der Waals surface area contributed by atoms with Crippen molar-refractivity contribution in [1.29, 1.82) is 0 Å². The van der Waals surface area contributed by atoms with Crippen LogP contribution in [-0.4, -0.2) is 51.6 Å². The third-order valence-electron chi connectivity index (χ3n) is 4.55. The fourth-order valence-corrected chi connectivity index (χ4v) is 3.18. The molecule has 0 radical (unpaired) electrons. The van der Waals surface area contributed by atoms with Crippen LogP contribution in [0.2, 0.25) is 0 Å². The Morgan fingerprint density at radius 3 is 3.05 bits per heavy atom. The summed E-state index contributed by atoms with van der Waals surface area (Å²) in [7, 11) is 1.60. The molecule has 1 unspecified atom stereocenters. The fourth-order valence-electron chi connectivity index (χ4n) is 3.18. The Bertz CT molecular complexity index is 513. The zero-order chi connectivity index (χ0) is 14.9. The number of hydrogen-bond donors (Lipinski definition) is 1. The van der Waals surface area contributed by atoms with Crippen LogP contribution < -0.4 is 5.73 Å². The molecule has 0 aromatic carbocycles. The number of primary amides is 1. The van der Waals surface area contributed by atoms with E-state index in [4.69, 9.17) is 10.5 Å². The molecule has 116 valence electrons. The van der Waals surface area contributed by atoms with Crippen molar-refractivity contribution in [2.45, 2.75) is 44.3 Å². The predicted molar refractivity (Wildman–Crippen MR) is 76.2 cm³/mol. The second-order valence-corrected chi connectivity index (χ2v) is 6.23. The number of rotatable bonds is 7.